The van der Waals surface area contributed by atoms with E-state index >= 15 is 0 Å². The van der Waals surface area contributed by atoms with Crippen molar-refractivity contribution in [3.63, 3.8) is 0 Å². The molecule has 0 saturated carbocycles. The number of amides is 1. The maximum Gasteiger partial charge on any atom is 0.228 e. The summed E-state index contributed by atoms with van der Waals surface area (Å²) >= 11 is 1.50. The van der Waals surface area contributed by atoms with Crippen molar-refractivity contribution < 1.29 is 13.9 Å². The summed E-state index contributed by atoms with van der Waals surface area (Å²) in [6, 6.07) is 3.71. The summed E-state index contributed by atoms with van der Waals surface area (Å²) in [5, 5.41) is 2.75. The van der Waals surface area contributed by atoms with Gasteiger partial charge in [0, 0.05) is 25.1 Å². The first-order valence-electron chi connectivity index (χ1n) is 7.64. The fourth-order valence-electron chi connectivity index (χ4n) is 2.70. The van der Waals surface area contributed by atoms with Gasteiger partial charge in [-0.25, -0.2) is 4.98 Å². The second kappa shape index (κ2) is 7.07. The van der Waals surface area contributed by atoms with Crippen LogP contribution in [0.25, 0.3) is 10.8 Å². The standard InChI is InChI=1S/C16H20N2O3S/c1-2-20-13-5-3-7-18(10-13)15(19)9-12-11-22-16(17-12)14-6-4-8-21-14/h4,6,8,11,13H,2-3,5,7,9-10H2,1H3/t13-/m0/s1. The molecule has 5 nitrogen and oxygen atoms in total. The predicted molar refractivity (Wildman–Crippen MR) is 84.7 cm³/mol. The van der Waals surface area contributed by atoms with Crippen LogP contribution in [0.4, 0.5) is 0 Å². The Bertz CT molecular complexity index is 607. The lowest BCUT2D eigenvalue weighted by Gasteiger charge is -2.32. The van der Waals surface area contributed by atoms with E-state index in [4.69, 9.17) is 9.15 Å². The van der Waals surface area contributed by atoms with E-state index in [2.05, 4.69) is 4.98 Å². The summed E-state index contributed by atoms with van der Waals surface area (Å²) in [4.78, 5) is 18.8. The number of thiazole rings is 1. The topological polar surface area (TPSA) is 55.6 Å². The monoisotopic (exact) mass is 320 g/mol. The van der Waals surface area contributed by atoms with Crippen molar-refractivity contribution in [3.8, 4) is 10.8 Å². The zero-order valence-electron chi connectivity index (χ0n) is 12.7. The Labute approximate surface area is 133 Å². The number of ether oxygens (including phenoxy) is 1. The van der Waals surface area contributed by atoms with Gasteiger partial charge in [0.15, 0.2) is 10.8 Å². The molecule has 0 aromatic carbocycles. The Kier molecular flexibility index (Phi) is 4.90. The van der Waals surface area contributed by atoms with Gasteiger partial charge >= 0.3 is 0 Å². The van der Waals surface area contributed by atoms with Crippen LogP contribution in [0.5, 0.6) is 0 Å². The first-order chi connectivity index (χ1) is 10.8. The third-order valence-electron chi connectivity index (χ3n) is 3.75. The highest BCUT2D eigenvalue weighted by Crippen LogP contribution is 2.24. The van der Waals surface area contributed by atoms with E-state index in [9.17, 15) is 4.79 Å². The minimum atomic E-state index is 0.126. The number of nitrogens with zero attached hydrogens (tertiary/aromatic N) is 2. The molecule has 22 heavy (non-hydrogen) atoms. The molecular formula is C16H20N2O3S. The molecule has 1 atom stereocenters. The third kappa shape index (κ3) is 3.56. The van der Waals surface area contributed by atoms with Gasteiger partial charge in [-0.05, 0) is 31.9 Å². The van der Waals surface area contributed by atoms with Crippen LogP contribution in [0.1, 0.15) is 25.5 Å². The Balaban J connectivity index is 1.59. The van der Waals surface area contributed by atoms with Crippen LogP contribution < -0.4 is 0 Å². The van der Waals surface area contributed by atoms with E-state index in [1.807, 2.05) is 29.3 Å². The largest absolute Gasteiger partial charge is 0.462 e. The van der Waals surface area contributed by atoms with E-state index in [0.29, 0.717) is 19.6 Å². The lowest BCUT2D eigenvalue weighted by molar-refractivity contribution is -0.134. The number of furan rings is 1. The molecule has 0 spiro atoms. The minimum Gasteiger partial charge on any atom is -0.462 e. The van der Waals surface area contributed by atoms with Crippen LogP contribution >= 0.6 is 11.3 Å². The molecule has 2 aromatic heterocycles. The second-order valence-electron chi connectivity index (χ2n) is 5.36. The lowest BCUT2D eigenvalue weighted by atomic mass is 10.1. The molecular weight excluding hydrogens is 300 g/mol. The molecule has 1 aliphatic rings. The van der Waals surface area contributed by atoms with Gasteiger partial charge in [0.25, 0.3) is 0 Å². The third-order valence-corrected chi connectivity index (χ3v) is 4.65. The summed E-state index contributed by atoms with van der Waals surface area (Å²) in [5.74, 6) is 0.874. The number of hydrogen-bond acceptors (Lipinski definition) is 5. The Morgan fingerprint density at radius 1 is 1.59 bits per heavy atom. The van der Waals surface area contributed by atoms with Crippen LogP contribution in [0.15, 0.2) is 28.2 Å². The highest BCUT2D eigenvalue weighted by molar-refractivity contribution is 7.13. The molecule has 3 rings (SSSR count). The number of aromatic nitrogens is 1. The zero-order chi connectivity index (χ0) is 15.4. The quantitative estimate of drug-likeness (QED) is 0.850. The number of carbonyl (C=O) groups is 1. The van der Waals surface area contributed by atoms with E-state index in [1.165, 1.54) is 11.3 Å². The smallest absolute Gasteiger partial charge is 0.228 e. The SMILES string of the molecule is CCO[C@H]1CCCN(C(=O)Cc2csc(-c3ccco3)n2)C1. The maximum atomic E-state index is 12.4. The van der Waals surface area contributed by atoms with Crippen molar-refractivity contribution >= 4 is 17.2 Å². The summed E-state index contributed by atoms with van der Waals surface area (Å²) in [7, 11) is 0. The Hall–Kier alpha value is -1.66. The highest BCUT2D eigenvalue weighted by atomic mass is 32.1. The molecule has 1 saturated heterocycles. The summed E-state index contributed by atoms with van der Waals surface area (Å²) < 4.78 is 11.0. The molecule has 0 unspecified atom stereocenters. The van der Waals surface area contributed by atoms with Gasteiger partial charge in [0.2, 0.25) is 5.91 Å². The molecule has 2 aromatic rings. The van der Waals surface area contributed by atoms with Gasteiger partial charge < -0.3 is 14.1 Å². The van der Waals surface area contributed by atoms with E-state index in [-0.39, 0.29) is 12.0 Å². The molecule has 1 amide bonds. The number of rotatable bonds is 5. The van der Waals surface area contributed by atoms with Gasteiger partial charge in [-0.1, -0.05) is 0 Å². The Morgan fingerprint density at radius 3 is 3.27 bits per heavy atom. The molecule has 0 bridgehead atoms. The van der Waals surface area contributed by atoms with Crippen LogP contribution in [0, 0.1) is 0 Å². The van der Waals surface area contributed by atoms with Gasteiger partial charge in [-0.2, -0.15) is 0 Å². The number of hydrogen-bond donors (Lipinski definition) is 0. The summed E-state index contributed by atoms with van der Waals surface area (Å²) in [6.45, 7) is 4.21. The van der Waals surface area contributed by atoms with Crippen LogP contribution in [0.3, 0.4) is 0 Å². The molecule has 1 aliphatic heterocycles. The van der Waals surface area contributed by atoms with E-state index in [0.717, 1.165) is 35.8 Å². The maximum absolute atomic E-state index is 12.4. The summed E-state index contributed by atoms with van der Waals surface area (Å²) in [5.41, 5.74) is 0.805. The van der Waals surface area contributed by atoms with Crippen molar-refractivity contribution in [2.45, 2.75) is 32.3 Å². The van der Waals surface area contributed by atoms with Gasteiger partial charge in [0.1, 0.15) is 0 Å². The second-order valence-corrected chi connectivity index (χ2v) is 6.22. The zero-order valence-corrected chi connectivity index (χ0v) is 13.5. The average Bonchev–Trinajstić information content (AvgIpc) is 3.18. The molecule has 118 valence electrons. The van der Waals surface area contributed by atoms with Crippen molar-refractivity contribution in [1.29, 1.82) is 0 Å². The summed E-state index contributed by atoms with van der Waals surface area (Å²) in [6.07, 6.45) is 4.19. The van der Waals surface area contributed by atoms with Crippen molar-refractivity contribution in [2.24, 2.45) is 0 Å². The molecule has 0 aliphatic carbocycles. The molecule has 0 radical (unpaired) electrons. The highest BCUT2D eigenvalue weighted by Gasteiger charge is 2.24. The normalized spacial score (nSPS) is 18.6. The molecule has 6 heteroatoms. The molecule has 0 N–H and O–H groups in total. The number of carbonyl (C=O) groups excluding carboxylic acids is 1. The molecule has 1 fully saturated rings. The van der Waals surface area contributed by atoms with Crippen molar-refractivity contribution in [1.82, 2.24) is 9.88 Å². The number of piperidine rings is 1. The van der Waals surface area contributed by atoms with E-state index < -0.39 is 0 Å². The van der Waals surface area contributed by atoms with Crippen LogP contribution in [-0.2, 0) is 16.0 Å². The first kappa shape index (κ1) is 15.2. The number of likely N-dealkylation sites (tertiary alicyclic amines) is 1. The Morgan fingerprint density at radius 2 is 2.50 bits per heavy atom. The van der Waals surface area contributed by atoms with Crippen molar-refractivity contribution in [3.05, 3.63) is 29.5 Å². The minimum absolute atomic E-state index is 0.126. The fraction of sp³-hybridized carbons (Fsp3) is 0.500. The fourth-order valence-corrected chi connectivity index (χ4v) is 3.49. The predicted octanol–water partition coefficient (Wildman–Crippen LogP) is 2.97. The van der Waals surface area contributed by atoms with E-state index in [1.54, 1.807) is 6.26 Å². The molecule has 3 heterocycles. The van der Waals surface area contributed by atoms with Crippen LogP contribution in [0.2, 0.25) is 0 Å². The first-order valence-corrected chi connectivity index (χ1v) is 8.52. The van der Waals surface area contributed by atoms with Gasteiger partial charge in [-0.3, -0.25) is 4.79 Å². The van der Waals surface area contributed by atoms with Gasteiger partial charge in [0.05, 0.1) is 24.5 Å². The van der Waals surface area contributed by atoms with Crippen molar-refractivity contribution in [2.75, 3.05) is 19.7 Å². The van der Waals surface area contributed by atoms with Gasteiger partial charge in [-0.15, -0.1) is 11.3 Å². The lowest BCUT2D eigenvalue weighted by Crippen LogP contribution is -2.43. The van der Waals surface area contributed by atoms with Crippen LogP contribution in [-0.4, -0.2) is 41.6 Å². The average molecular weight is 320 g/mol.